The van der Waals surface area contributed by atoms with Gasteiger partial charge in [-0.1, -0.05) is 13.8 Å². The maximum absolute atomic E-state index is 12.4. The first-order valence-electron chi connectivity index (χ1n) is 7.94. The smallest absolute Gasteiger partial charge is 0.243 e. The van der Waals surface area contributed by atoms with Crippen LogP contribution < -0.4 is 10.6 Å². The molecule has 2 rings (SSSR count). The van der Waals surface area contributed by atoms with E-state index in [-0.39, 0.29) is 23.9 Å². The van der Waals surface area contributed by atoms with E-state index in [4.69, 9.17) is 0 Å². The number of nitrogens with zero attached hydrogens (tertiary/aromatic N) is 1. The fourth-order valence-corrected chi connectivity index (χ4v) is 3.16. The zero-order valence-corrected chi connectivity index (χ0v) is 12.7. The molecule has 114 valence electrons. The Morgan fingerprint density at radius 2 is 2.15 bits per heavy atom. The monoisotopic (exact) mass is 281 g/mol. The molecule has 20 heavy (non-hydrogen) atoms. The summed E-state index contributed by atoms with van der Waals surface area (Å²) in [6.07, 6.45) is 4.22. The quantitative estimate of drug-likeness (QED) is 0.804. The van der Waals surface area contributed by atoms with Gasteiger partial charge in [0.2, 0.25) is 11.8 Å². The van der Waals surface area contributed by atoms with Gasteiger partial charge in [-0.3, -0.25) is 9.59 Å². The van der Waals surface area contributed by atoms with Crippen molar-refractivity contribution in [2.75, 3.05) is 19.6 Å². The SMILES string of the molecule is CCCC(=O)N1CCCC1C(=O)NC1CNCCC1C. The minimum atomic E-state index is -0.247. The number of likely N-dealkylation sites (tertiary alicyclic amines) is 1. The van der Waals surface area contributed by atoms with Crippen LogP contribution in [0.5, 0.6) is 0 Å². The standard InChI is InChI=1S/C15H27N3O2/c1-3-5-14(19)18-9-4-6-13(18)15(20)17-12-10-16-8-7-11(12)2/h11-13,16H,3-10H2,1-2H3,(H,17,20). The fourth-order valence-electron chi connectivity index (χ4n) is 3.16. The second-order valence-electron chi connectivity index (χ2n) is 6.08. The lowest BCUT2D eigenvalue weighted by Gasteiger charge is -2.32. The Bertz CT molecular complexity index is 359. The molecule has 0 aromatic carbocycles. The largest absolute Gasteiger partial charge is 0.350 e. The second-order valence-corrected chi connectivity index (χ2v) is 6.08. The van der Waals surface area contributed by atoms with Crippen LogP contribution in [0.1, 0.15) is 46.0 Å². The molecule has 3 unspecified atom stereocenters. The molecule has 2 fully saturated rings. The predicted molar refractivity (Wildman–Crippen MR) is 78.2 cm³/mol. The van der Waals surface area contributed by atoms with Crippen molar-refractivity contribution < 1.29 is 9.59 Å². The topological polar surface area (TPSA) is 61.4 Å². The van der Waals surface area contributed by atoms with Crippen molar-refractivity contribution in [1.29, 1.82) is 0 Å². The lowest BCUT2D eigenvalue weighted by Crippen LogP contribution is -2.55. The number of hydrogen-bond donors (Lipinski definition) is 2. The molecular formula is C15H27N3O2. The van der Waals surface area contributed by atoms with Crippen LogP contribution in [0.2, 0.25) is 0 Å². The van der Waals surface area contributed by atoms with E-state index in [9.17, 15) is 9.59 Å². The van der Waals surface area contributed by atoms with Crippen molar-refractivity contribution >= 4 is 11.8 Å². The Balaban J connectivity index is 1.92. The highest BCUT2D eigenvalue weighted by Crippen LogP contribution is 2.20. The van der Waals surface area contributed by atoms with E-state index in [0.29, 0.717) is 12.3 Å². The van der Waals surface area contributed by atoms with Crippen molar-refractivity contribution in [3.05, 3.63) is 0 Å². The molecule has 2 N–H and O–H groups in total. The lowest BCUT2D eigenvalue weighted by molar-refractivity contribution is -0.138. The Morgan fingerprint density at radius 1 is 1.35 bits per heavy atom. The van der Waals surface area contributed by atoms with Crippen molar-refractivity contribution in [2.24, 2.45) is 5.92 Å². The lowest BCUT2D eigenvalue weighted by atomic mass is 9.94. The van der Waals surface area contributed by atoms with Crippen molar-refractivity contribution in [3.63, 3.8) is 0 Å². The molecule has 0 aromatic heterocycles. The first-order valence-corrected chi connectivity index (χ1v) is 7.94. The van der Waals surface area contributed by atoms with Gasteiger partial charge in [0.05, 0.1) is 0 Å². The highest BCUT2D eigenvalue weighted by Gasteiger charge is 2.35. The fraction of sp³-hybridized carbons (Fsp3) is 0.867. The molecule has 0 aliphatic carbocycles. The molecule has 2 amide bonds. The molecule has 0 bridgehead atoms. The first kappa shape index (κ1) is 15.3. The van der Waals surface area contributed by atoms with Gasteiger partial charge in [-0.05, 0) is 38.1 Å². The van der Waals surface area contributed by atoms with Crippen LogP contribution in [0.3, 0.4) is 0 Å². The summed E-state index contributed by atoms with van der Waals surface area (Å²) in [5.41, 5.74) is 0. The van der Waals surface area contributed by atoms with Gasteiger partial charge in [0.25, 0.3) is 0 Å². The molecule has 2 aliphatic rings. The number of carbonyl (C=O) groups is 2. The number of rotatable bonds is 4. The van der Waals surface area contributed by atoms with Crippen molar-refractivity contribution in [3.8, 4) is 0 Å². The van der Waals surface area contributed by atoms with Gasteiger partial charge in [-0.15, -0.1) is 0 Å². The van der Waals surface area contributed by atoms with Crippen LogP contribution in [0, 0.1) is 5.92 Å². The highest BCUT2D eigenvalue weighted by atomic mass is 16.2. The van der Waals surface area contributed by atoms with Crippen LogP contribution in [0.25, 0.3) is 0 Å². The van der Waals surface area contributed by atoms with Crippen molar-refractivity contribution in [2.45, 2.75) is 58.0 Å². The number of carbonyl (C=O) groups excluding carboxylic acids is 2. The number of nitrogens with one attached hydrogen (secondary N) is 2. The Kier molecular flexibility index (Phi) is 5.40. The van der Waals surface area contributed by atoms with E-state index in [2.05, 4.69) is 17.6 Å². The minimum absolute atomic E-state index is 0.0347. The van der Waals surface area contributed by atoms with E-state index in [0.717, 1.165) is 45.3 Å². The Labute approximate surface area is 121 Å². The summed E-state index contributed by atoms with van der Waals surface area (Å²) in [5, 5.41) is 6.46. The zero-order valence-electron chi connectivity index (χ0n) is 12.7. The van der Waals surface area contributed by atoms with E-state index in [1.165, 1.54) is 0 Å². The van der Waals surface area contributed by atoms with Gasteiger partial charge in [0.15, 0.2) is 0 Å². The Morgan fingerprint density at radius 3 is 2.85 bits per heavy atom. The highest BCUT2D eigenvalue weighted by molar-refractivity contribution is 5.88. The molecule has 5 nitrogen and oxygen atoms in total. The Hall–Kier alpha value is -1.10. The van der Waals surface area contributed by atoms with E-state index in [1.807, 2.05) is 6.92 Å². The van der Waals surface area contributed by atoms with E-state index < -0.39 is 0 Å². The van der Waals surface area contributed by atoms with Crippen LogP contribution in [-0.4, -0.2) is 48.4 Å². The minimum Gasteiger partial charge on any atom is -0.350 e. The normalized spacial score (nSPS) is 30.3. The van der Waals surface area contributed by atoms with Gasteiger partial charge in [-0.25, -0.2) is 0 Å². The van der Waals surface area contributed by atoms with Crippen LogP contribution in [0.15, 0.2) is 0 Å². The summed E-state index contributed by atoms with van der Waals surface area (Å²) in [4.78, 5) is 26.3. The maximum Gasteiger partial charge on any atom is 0.243 e. The third-order valence-corrected chi connectivity index (χ3v) is 4.49. The summed E-state index contributed by atoms with van der Waals surface area (Å²) in [5.74, 6) is 0.661. The predicted octanol–water partition coefficient (Wildman–Crippen LogP) is 0.892. The molecule has 3 atom stereocenters. The summed E-state index contributed by atoms with van der Waals surface area (Å²) in [7, 11) is 0. The average molecular weight is 281 g/mol. The zero-order chi connectivity index (χ0) is 14.5. The summed E-state index contributed by atoms with van der Waals surface area (Å²) < 4.78 is 0. The molecule has 2 saturated heterocycles. The number of hydrogen-bond acceptors (Lipinski definition) is 3. The van der Waals surface area contributed by atoms with Gasteiger partial charge in [0, 0.05) is 25.6 Å². The van der Waals surface area contributed by atoms with E-state index >= 15 is 0 Å². The second kappa shape index (κ2) is 7.07. The van der Waals surface area contributed by atoms with Gasteiger partial charge in [0.1, 0.15) is 6.04 Å². The molecule has 2 aliphatic heterocycles. The molecule has 0 saturated carbocycles. The maximum atomic E-state index is 12.4. The van der Waals surface area contributed by atoms with Gasteiger partial charge in [-0.2, -0.15) is 0 Å². The molecule has 0 radical (unpaired) electrons. The van der Waals surface area contributed by atoms with Gasteiger partial charge >= 0.3 is 0 Å². The third-order valence-electron chi connectivity index (χ3n) is 4.49. The van der Waals surface area contributed by atoms with Gasteiger partial charge < -0.3 is 15.5 Å². The summed E-state index contributed by atoms with van der Waals surface area (Å²) >= 11 is 0. The van der Waals surface area contributed by atoms with Crippen molar-refractivity contribution in [1.82, 2.24) is 15.5 Å². The molecule has 5 heteroatoms. The molecular weight excluding hydrogens is 254 g/mol. The summed E-state index contributed by atoms with van der Waals surface area (Å²) in [6, 6.07) is -0.0526. The number of piperidine rings is 1. The van der Waals surface area contributed by atoms with Crippen LogP contribution in [-0.2, 0) is 9.59 Å². The van der Waals surface area contributed by atoms with Crippen LogP contribution >= 0.6 is 0 Å². The van der Waals surface area contributed by atoms with Crippen LogP contribution in [0.4, 0.5) is 0 Å². The van der Waals surface area contributed by atoms with E-state index in [1.54, 1.807) is 4.90 Å². The average Bonchev–Trinajstić information content (AvgIpc) is 2.91. The molecule has 2 heterocycles. The molecule has 0 aromatic rings. The summed E-state index contributed by atoms with van der Waals surface area (Å²) in [6.45, 7) is 6.77. The first-order chi connectivity index (χ1) is 9.63. The molecule has 0 spiro atoms. The third kappa shape index (κ3) is 3.51. The number of amides is 2.